The van der Waals surface area contributed by atoms with E-state index in [2.05, 4.69) is 0 Å². The van der Waals surface area contributed by atoms with Crippen molar-refractivity contribution in [1.29, 1.82) is 0 Å². The molecule has 0 aromatic rings. The van der Waals surface area contributed by atoms with Crippen LogP contribution in [0.4, 0.5) is 0 Å². The molecule has 0 spiro atoms. The molecule has 10 heteroatoms. The van der Waals surface area contributed by atoms with Gasteiger partial charge in [0.2, 0.25) is 0 Å². The van der Waals surface area contributed by atoms with Crippen LogP contribution in [0.2, 0.25) is 0 Å². The van der Waals surface area contributed by atoms with Crippen LogP contribution < -0.4 is 0 Å². The number of hydrogen-bond donors (Lipinski definition) is 0. The summed E-state index contributed by atoms with van der Waals surface area (Å²) in [5, 5.41) is 29.5. The quantitative estimate of drug-likeness (QED) is 0.302. The van der Waals surface area contributed by atoms with Crippen LogP contribution in [-0.2, 0) is 17.1 Å². The third-order valence-electron chi connectivity index (χ3n) is 0. The summed E-state index contributed by atoms with van der Waals surface area (Å²) < 4.78 is 0. The molecular formula is MnN2O6Pb. The van der Waals surface area contributed by atoms with Crippen LogP contribution in [0, 0.1) is 30.6 Å². The molecule has 0 heterocycles. The van der Waals surface area contributed by atoms with E-state index in [0.717, 1.165) is 0 Å². The van der Waals surface area contributed by atoms with Gasteiger partial charge in [-0.25, -0.2) is 0 Å². The average Bonchev–Trinajstić information content (AvgIpc) is 1.25. The van der Waals surface area contributed by atoms with Crippen molar-refractivity contribution in [2.24, 2.45) is 0 Å². The Bertz CT molecular complexity index is 73.7. The van der Waals surface area contributed by atoms with Crippen molar-refractivity contribution in [3.05, 3.63) is 30.6 Å². The molecule has 0 aromatic carbocycles. The Hall–Kier alpha value is -0.158. The molecule has 0 fully saturated rings. The number of nitrogens with zero attached hydrogens (tertiary/aromatic N) is 2. The Morgan fingerprint density at radius 2 is 0.800 bits per heavy atom. The van der Waals surface area contributed by atoms with Crippen LogP contribution in [0.5, 0.6) is 0 Å². The molecule has 0 unspecified atom stereocenters. The van der Waals surface area contributed by atoms with Crippen molar-refractivity contribution in [2.75, 3.05) is 0 Å². The Labute approximate surface area is 85.1 Å². The van der Waals surface area contributed by atoms with E-state index in [0.29, 0.717) is 0 Å². The fraction of sp³-hybridized carbons (Fsp3) is 0. The van der Waals surface area contributed by atoms with E-state index in [9.17, 15) is 0 Å². The van der Waals surface area contributed by atoms with E-state index < -0.39 is 10.2 Å². The second-order valence-corrected chi connectivity index (χ2v) is 0.447. The third-order valence-corrected chi connectivity index (χ3v) is 0. The molecule has 0 aliphatic heterocycles. The molecule has 0 aliphatic rings. The molecule has 0 amide bonds. The van der Waals surface area contributed by atoms with E-state index >= 15 is 0 Å². The van der Waals surface area contributed by atoms with Crippen LogP contribution in [0.3, 0.4) is 0 Å². The van der Waals surface area contributed by atoms with Crippen molar-refractivity contribution in [2.45, 2.75) is 0 Å². The predicted molar refractivity (Wildman–Crippen MR) is 26.5 cm³/mol. The summed E-state index contributed by atoms with van der Waals surface area (Å²) in [5.74, 6) is 0. The topological polar surface area (TPSA) is 132 Å². The fourth-order valence-corrected chi connectivity index (χ4v) is 0. The van der Waals surface area contributed by atoms with E-state index in [1.165, 1.54) is 0 Å². The first-order valence-electron chi connectivity index (χ1n) is 1.10. The van der Waals surface area contributed by atoms with Gasteiger partial charge >= 0.3 is 17.1 Å². The smallest absolute Gasteiger partial charge is 0.356 e. The monoisotopic (exact) mass is 387 g/mol. The molecule has 0 saturated heterocycles. The van der Waals surface area contributed by atoms with Gasteiger partial charge in [0.25, 0.3) is 0 Å². The van der Waals surface area contributed by atoms with Crippen LogP contribution in [-0.4, -0.2) is 37.5 Å². The minimum atomic E-state index is -1.75. The van der Waals surface area contributed by atoms with Gasteiger partial charge in [0.1, 0.15) is 0 Å². The maximum Gasteiger partial charge on any atom is 2.00 e. The van der Waals surface area contributed by atoms with Gasteiger partial charge in [-0.3, -0.25) is 0 Å². The molecule has 8 nitrogen and oxygen atoms in total. The second kappa shape index (κ2) is 15.9. The molecule has 0 atom stereocenters. The van der Waals surface area contributed by atoms with Gasteiger partial charge in [-0.05, 0) is 0 Å². The van der Waals surface area contributed by atoms with Gasteiger partial charge < -0.3 is 30.6 Å². The first-order chi connectivity index (χ1) is 3.46. The van der Waals surface area contributed by atoms with Gasteiger partial charge in [-0.15, -0.1) is 0 Å². The Balaban J connectivity index is -0.0000000300. The Kier molecular flexibility index (Phi) is 35.9. The van der Waals surface area contributed by atoms with E-state index in [1.807, 2.05) is 0 Å². The molecule has 0 saturated carbocycles. The molecule has 0 N–H and O–H groups in total. The van der Waals surface area contributed by atoms with Crippen molar-refractivity contribution in [3.8, 4) is 0 Å². The van der Waals surface area contributed by atoms with Crippen LogP contribution in [0.15, 0.2) is 0 Å². The zero-order chi connectivity index (χ0) is 7.15. The Morgan fingerprint density at radius 1 is 0.800 bits per heavy atom. The number of rotatable bonds is 0. The zero-order valence-corrected chi connectivity index (χ0v) is 9.29. The maximum atomic E-state index is 8.25. The minimum Gasteiger partial charge on any atom is -0.356 e. The predicted octanol–water partition coefficient (Wildman–Crippen LogP) is -0.862. The molecule has 0 aliphatic carbocycles. The maximum absolute atomic E-state index is 8.25. The van der Waals surface area contributed by atoms with Crippen molar-refractivity contribution >= 4 is 27.3 Å². The molecular weight excluding hydrogens is 386 g/mol. The van der Waals surface area contributed by atoms with Crippen LogP contribution >= 0.6 is 0 Å². The summed E-state index contributed by atoms with van der Waals surface area (Å²) in [6.45, 7) is 0. The Morgan fingerprint density at radius 3 is 0.800 bits per heavy atom. The first-order valence-corrected chi connectivity index (χ1v) is 1.10. The molecule has 10 heavy (non-hydrogen) atoms. The van der Waals surface area contributed by atoms with Crippen LogP contribution in [0.25, 0.3) is 0 Å². The third kappa shape index (κ3) is 14600. The summed E-state index contributed by atoms with van der Waals surface area (Å²) in [4.78, 5) is 16.5. The summed E-state index contributed by atoms with van der Waals surface area (Å²) in [6, 6.07) is 0. The van der Waals surface area contributed by atoms with E-state index in [-0.39, 0.29) is 44.4 Å². The summed E-state index contributed by atoms with van der Waals surface area (Å²) in [5.41, 5.74) is 0. The first kappa shape index (κ1) is 22.5. The SMILES string of the molecule is O=[N+]([O-])[O-].O=[N+]([O-])[O-].[Mn+2].[Pb]. The van der Waals surface area contributed by atoms with Crippen molar-refractivity contribution < 1.29 is 27.2 Å². The molecule has 5 radical (unpaired) electrons. The number of hydrogen-bond acceptors (Lipinski definition) is 6. The van der Waals surface area contributed by atoms with Gasteiger partial charge in [-0.2, -0.15) is 0 Å². The summed E-state index contributed by atoms with van der Waals surface area (Å²) in [6.07, 6.45) is 0. The van der Waals surface area contributed by atoms with E-state index in [1.54, 1.807) is 0 Å². The van der Waals surface area contributed by atoms with Gasteiger partial charge in [-0.1, -0.05) is 0 Å². The second-order valence-electron chi connectivity index (χ2n) is 0.447. The molecule has 0 bridgehead atoms. The standard InChI is InChI=1S/Mn.2NO3.Pb/c;2*2-1(3)4;/q+2;2*-1;. The van der Waals surface area contributed by atoms with Crippen molar-refractivity contribution in [3.63, 3.8) is 0 Å². The molecule has 57 valence electrons. The van der Waals surface area contributed by atoms with E-state index in [4.69, 9.17) is 30.6 Å². The normalized spacial score (nSPS) is 4.80. The van der Waals surface area contributed by atoms with Gasteiger partial charge in [0.05, 0.1) is 10.2 Å². The van der Waals surface area contributed by atoms with Crippen molar-refractivity contribution in [1.82, 2.24) is 0 Å². The minimum absolute atomic E-state index is 0. The average molecular weight is 386 g/mol. The summed E-state index contributed by atoms with van der Waals surface area (Å²) in [7, 11) is 0. The van der Waals surface area contributed by atoms with Crippen LogP contribution in [0.1, 0.15) is 0 Å². The summed E-state index contributed by atoms with van der Waals surface area (Å²) >= 11 is 0. The fourth-order valence-electron chi connectivity index (χ4n) is 0. The molecule has 0 rings (SSSR count). The van der Waals surface area contributed by atoms with Gasteiger partial charge in [0.15, 0.2) is 0 Å². The van der Waals surface area contributed by atoms with Gasteiger partial charge in [0, 0.05) is 27.3 Å². The zero-order valence-electron chi connectivity index (χ0n) is 4.22. The largest absolute Gasteiger partial charge is 2.00 e. The molecule has 0 aromatic heterocycles.